The summed E-state index contributed by atoms with van der Waals surface area (Å²) >= 11 is 5.00. The average molecular weight is 268 g/mol. The molecule has 0 atom stereocenters. The number of rotatable bonds is 3. The molecular formula is C12H16N2O3S. The summed E-state index contributed by atoms with van der Waals surface area (Å²) in [7, 11) is 1.57. The zero-order valence-corrected chi connectivity index (χ0v) is 11.4. The van der Waals surface area contributed by atoms with Gasteiger partial charge in [0, 0.05) is 0 Å². The Hall–Kier alpha value is -1.82. The molecule has 98 valence electrons. The Balaban J connectivity index is 2.69. The number of benzene rings is 1. The molecule has 0 radical (unpaired) electrons. The van der Waals surface area contributed by atoms with Gasteiger partial charge in [0.25, 0.3) is 0 Å². The minimum Gasteiger partial charge on any atom is -0.495 e. The molecule has 0 heterocycles. The number of methoxy groups -OCH3 is 1. The summed E-state index contributed by atoms with van der Waals surface area (Å²) in [6.45, 7) is 3.97. The lowest BCUT2D eigenvalue weighted by atomic mass is 10.2. The molecule has 0 aliphatic rings. The number of hydrogen-bond donors (Lipinski definition) is 2. The minimum atomic E-state index is -0.582. The first kappa shape index (κ1) is 14.2. The van der Waals surface area contributed by atoms with Crippen molar-refractivity contribution in [1.82, 2.24) is 5.32 Å². The molecule has 0 bridgehead atoms. The van der Waals surface area contributed by atoms with Gasteiger partial charge in [-0.05, 0) is 43.8 Å². The summed E-state index contributed by atoms with van der Waals surface area (Å²) in [6, 6.07) is 5.62. The lowest BCUT2D eigenvalue weighted by molar-refractivity contribution is 0.158. The zero-order chi connectivity index (χ0) is 13.5. The van der Waals surface area contributed by atoms with Crippen LogP contribution in [0, 0.1) is 6.92 Å². The van der Waals surface area contributed by atoms with E-state index in [2.05, 4.69) is 10.6 Å². The van der Waals surface area contributed by atoms with Crippen LogP contribution in [0.25, 0.3) is 0 Å². The highest BCUT2D eigenvalue weighted by molar-refractivity contribution is 7.80. The molecule has 1 rings (SSSR count). The van der Waals surface area contributed by atoms with Crippen LogP contribution in [0.2, 0.25) is 0 Å². The molecule has 0 aromatic heterocycles. The van der Waals surface area contributed by atoms with Gasteiger partial charge in [-0.25, -0.2) is 4.79 Å². The molecule has 18 heavy (non-hydrogen) atoms. The fraction of sp³-hybridized carbons (Fsp3) is 0.333. The van der Waals surface area contributed by atoms with Gasteiger partial charge in [-0.3, -0.25) is 5.32 Å². The predicted molar refractivity (Wildman–Crippen MR) is 74.1 cm³/mol. The van der Waals surface area contributed by atoms with E-state index in [9.17, 15) is 4.79 Å². The summed E-state index contributed by atoms with van der Waals surface area (Å²) in [5, 5.41) is 5.45. The molecule has 1 amide bonds. The van der Waals surface area contributed by atoms with Crippen LogP contribution in [0.15, 0.2) is 18.2 Å². The second-order valence-corrected chi connectivity index (χ2v) is 3.91. The Morgan fingerprint density at radius 1 is 1.44 bits per heavy atom. The highest BCUT2D eigenvalue weighted by Gasteiger charge is 2.08. The maximum absolute atomic E-state index is 11.2. The number of hydrogen-bond acceptors (Lipinski definition) is 4. The van der Waals surface area contributed by atoms with Crippen molar-refractivity contribution < 1.29 is 14.3 Å². The first-order chi connectivity index (χ1) is 8.56. The summed E-state index contributed by atoms with van der Waals surface area (Å²) in [6.07, 6.45) is -0.582. The summed E-state index contributed by atoms with van der Waals surface area (Å²) < 4.78 is 9.91. The molecule has 0 fully saturated rings. The third kappa shape index (κ3) is 4.21. The van der Waals surface area contributed by atoms with Crippen LogP contribution in [0.4, 0.5) is 10.5 Å². The number of amides is 1. The van der Waals surface area contributed by atoms with Gasteiger partial charge >= 0.3 is 6.09 Å². The maximum Gasteiger partial charge on any atom is 0.413 e. The Morgan fingerprint density at radius 3 is 2.78 bits per heavy atom. The van der Waals surface area contributed by atoms with E-state index in [0.29, 0.717) is 18.0 Å². The van der Waals surface area contributed by atoms with E-state index in [1.54, 1.807) is 14.0 Å². The quantitative estimate of drug-likeness (QED) is 0.825. The SMILES string of the molecule is CCOC(=O)NC(=S)Nc1cc(C)ccc1OC. The fourth-order valence-electron chi connectivity index (χ4n) is 1.33. The molecule has 0 unspecified atom stereocenters. The monoisotopic (exact) mass is 268 g/mol. The van der Waals surface area contributed by atoms with E-state index in [1.807, 2.05) is 25.1 Å². The smallest absolute Gasteiger partial charge is 0.413 e. The normalized spacial score (nSPS) is 9.50. The van der Waals surface area contributed by atoms with Crippen LogP contribution in [0.5, 0.6) is 5.75 Å². The highest BCUT2D eigenvalue weighted by Crippen LogP contribution is 2.24. The van der Waals surface area contributed by atoms with Crippen molar-refractivity contribution >= 4 is 29.1 Å². The first-order valence-electron chi connectivity index (χ1n) is 5.46. The van der Waals surface area contributed by atoms with Crippen molar-refractivity contribution in [3.8, 4) is 5.75 Å². The van der Waals surface area contributed by atoms with Crippen LogP contribution < -0.4 is 15.4 Å². The van der Waals surface area contributed by atoms with Crippen molar-refractivity contribution in [2.24, 2.45) is 0 Å². The summed E-state index contributed by atoms with van der Waals surface area (Å²) in [5.74, 6) is 0.647. The number of aryl methyl sites for hydroxylation is 1. The van der Waals surface area contributed by atoms with Gasteiger partial charge in [-0.2, -0.15) is 0 Å². The topological polar surface area (TPSA) is 59.6 Å². The van der Waals surface area contributed by atoms with Gasteiger partial charge in [0.15, 0.2) is 5.11 Å². The summed E-state index contributed by atoms with van der Waals surface area (Å²) in [5.41, 5.74) is 1.75. The van der Waals surface area contributed by atoms with Crippen LogP contribution in [0.3, 0.4) is 0 Å². The molecular weight excluding hydrogens is 252 g/mol. The fourth-order valence-corrected chi connectivity index (χ4v) is 1.53. The van der Waals surface area contributed by atoms with Gasteiger partial charge in [0.2, 0.25) is 0 Å². The van der Waals surface area contributed by atoms with Gasteiger partial charge in [0.05, 0.1) is 19.4 Å². The average Bonchev–Trinajstić information content (AvgIpc) is 2.29. The number of anilines is 1. The van der Waals surface area contributed by atoms with E-state index in [-0.39, 0.29) is 5.11 Å². The Kier molecular flexibility index (Phi) is 5.38. The van der Waals surface area contributed by atoms with Crippen molar-refractivity contribution in [3.63, 3.8) is 0 Å². The summed E-state index contributed by atoms with van der Waals surface area (Å²) in [4.78, 5) is 11.2. The molecule has 0 saturated heterocycles. The van der Waals surface area contributed by atoms with E-state index in [4.69, 9.17) is 21.7 Å². The van der Waals surface area contributed by atoms with Crippen molar-refractivity contribution in [3.05, 3.63) is 23.8 Å². The van der Waals surface area contributed by atoms with Crippen molar-refractivity contribution in [2.75, 3.05) is 19.0 Å². The Bertz CT molecular complexity index is 449. The largest absolute Gasteiger partial charge is 0.495 e. The molecule has 1 aromatic rings. The zero-order valence-electron chi connectivity index (χ0n) is 10.6. The lowest BCUT2D eigenvalue weighted by Gasteiger charge is -2.13. The molecule has 1 aromatic carbocycles. The second kappa shape index (κ2) is 6.80. The number of carbonyl (C=O) groups excluding carboxylic acids is 1. The molecule has 6 heteroatoms. The lowest BCUT2D eigenvalue weighted by Crippen LogP contribution is -2.34. The maximum atomic E-state index is 11.2. The molecule has 0 spiro atoms. The highest BCUT2D eigenvalue weighted by atomic mass is 32.1. The molecule has 0 saturated carbocycles. The van der Waals surface area contributed by atoms with Crippen molar-refractivity contribution in [2.45, 2.75) is 13.8 Å². The third-order valence-electron chi connectivity index (χ3n) is 2.09. The molecule has 5 nitrogen and oxygen atoms in total. The van der Waals surface area contributed by atoms with Crippen LogP contribution in [-0.4, -0.2) is 24.9 Å². The van der Waals surface area contributed by atoms with Crippen LogP contribution in [-0.2, 0) is 4.74 Å². The predicted octanol–water partition coefficient (Wildman–Crippen LogP) is 2.45. The first-order valence-corrected chi connectivity index (χ1v) is 5.87. The molecule has 0 aliphatic heterocycles. The van der Waals surface area contributed by atoms with E-state index >= 15 is 0 Å². The number of thiocarbonyl (C=S) groups is 1. The standard InChI is InChI=1S/C12H16N2O3S/c1-4-17-12(15)14-11(18)13-9-7-8(2)5-6-10(9)16-3/h5-7H,4H2,1-3H3,(H2,13,14,15,18). The van der Waals surface area contributed by atoms with Crippen LogP contribution >= 0.6 is 12.2 Å². The van der Waals surface area contributed by atoms with Crippen molar-refractivity contribution in [1.29, 1.82) is 0 Å². The number of alkyl carbamates (subject to hydrolysis) is 1. The molecule has 0 aliphatic carbocycles. The van der Waals surface area contributed by atoms with Gasteiger partial charge in [0.1, 0.15) is 5.75 Å². The van der Waals surface area contributed by atoms with Gasteiger partial charge < -0.3 is 14.8 Å². The third-order valence-corrected chi connectivity index (χ3v) is 2.30. The molecule has 2 N–H and O–H groups in total. The van der Waals surface area contributed by atoms with E-state index < -0.39 is 6.09 Å². The Morgan fingerprint density at radius 2 is 2.17 bits per heavy atom. The number of ether oxygens (including phenoxy) is 2. The van der Waals surface area contributed by atoms with Gasteiger partial charge in [-0.15, -0.1) is 0 Å². The second-order valence-electron chi connectivity index (χ2n) is 3.50. The van der Waals surface area contributed by atoms with Gasteiger partial charge in [-0.1, -0.05) is 6.07 Å². The Labute approximate surface area is 111 Å². The number of carbonyl (C=O) groups is 1. The van der Waals surface area contributed by atoms with E-state index in [1.165, 1.54) is 0 Å². The van der Waals surface area contributed by atoms with Crippen LogP contribution in [0.1, 0.15) is 12.5 Å². The van der Waals surface area contributed by atoms with E-state index in [0.717, 1.165) is 5.56 Å². The minimum absolute atomic E-state index is 0.164. The number of nitrogens with one attached hydrogen (secondary N) is 2.